The summed E-state index contributed by atoms with van der Waals surface area (Å²) >= 11 is 1.07. The highest BCUT2D eigenvalue weighted by molar-refractivity contribution is 7.20. The molecule has 2 aliphatic rings. The molecule has 2 fully saturated rings. The lowest BCUT2D eigenvalue weighted by molar-refractivity contribution is -0.196. The Labute approximate surface area is 225 Å². The third-order valence-electron chi connectivity index (χ3n) is 7.38. The molecule has 3 aromatic rings. The van der Waals surface area contributed by atoms with E-state index in [9.17, 15) is 31.9 Å². The van der Waals surface area contributed by atoms with Crippen molar-refractivity contribution in [3.63, 3.8) is 0 Å². The van der Waals surface area contributed by atoms with Crippen molar-refractivity contribution >= 4 is 39.1 Å². The van der Waals surface area contributed by atoms with Crippen molar-refractivity contribution in [3.8, 4) is 0 Å². The number of aromatic nitrogens is 2. The lowest BCUT2D eigenvalue weighted by Gasteiger charge is -2.36. The average Bonchev–Trinajstić information content (AvgIpc) is 3.26. The highest BCUT2D eigenvalue weighted by Gasteiger charge is 2.46. The third-order valence-corrected chi connectivity index (χ3v) is 8.57. The molecule has 8 nitrogen and oxygen atoms in total. The summed E-state index contributed by atoms with van der Waals surface area (Å²) in [7, 11) is 0. The predicted octanol–water partition coefficient (Wildman–Crippen LogP) is 3.81. The number of anilines is 1. The first-order valence-electron chi connectivity index (χ1n) is 12.7. The summed E-state index contributed by atoms with van der Waals surface area (Å²) in [4.78, 5) is 48.7. The van der Waals surface area contributed by atoms with Gasteiger partial charge in [-0.1, -0.05) is 12.1 Å². The van der Waals surface area contributed by atoms with Crippen LogP contribution in [-0.2, 0) is 11.3 Å². The SMILES string of the molecule is Cc1c(C(=O)N2CCN(c3ccccc3F)CC2)sc2ncn(CC(=O)N3CCCCC3C(F)(F)F)c(=O)c12. The number of benzene rings is 1. The second-order valence-corrected chi connectivity index (χ2v) is 10.8. The Hall–Kier alpha value is -3.48. The molecule has 0 N–H and O–H groups in total. The van der Waals surface area contributed by atoms with E-state index in [1.165, 1.54) is 6.07 Å². The van der Waals surface area contributed by atoms with Crippen LogP contribution < -0.4 is 10.5 Å². The van der Waals surface area contributed by atoms with E-state index in [1.807, 2.05) is 4.90 Å². The van der Waals surface area contributed by atoms with Crippen molar-refractivity contribution in [2.45, 2.75) is 44.9 Å². The zero-order chi connectivity index (χ0) is 27.9. The van der Waals surface area contributed by atoms with Crippen LogP contribution in [0.4, 0.5) is 23.2 Å². The van der Waals surface area contributed by atoms with E-state index >= 15 is 0 Å². The van der Waals surface area contributed by atoms with Crippen LogP contribution in [0, 0.1) is 12.7 Å². The number of amides is 2. The number of halogens is 4. The minimum absolute atomic E-state index is 0.0201. The molecule has 0 radical (unpaired) electrons. The first-order valence-corrected chi connectivity index (χ1v) is 13.5. The van der Waals surface area contributed by atoms with Crippen LogP contribution in [0.15, 0.2) is 35.4 Å². The van der Waals surface area contributed by atoms with E-state index in [0.717, 1.165) is 27.1 Å². The van der Waals surface area contributed by atoms with Crippen molar-refractivity contribution in [1.29, 1.82) is 0 Å². The van der Waals surface area contributed by atoms with E-state index in [4.69, 9.17) is 0 Å². The van der Waals surface area contributed by atoms with Gasteiger partial charge in [0.1, 0.15) is 23.2 Å². The summed E-state index contributed by atoms with van der Waals surface area (Å²) < 4.78 is 55.5. The Morgan fingerprint density at radius 2 is 1.79 bits per heavy atom. The number of likely N-dealkylation sites (tertiary alicyclic amines) is 1. The molecule has 5 rings (SSSR count). The number of fused-ring (bicyclic) bond motifs is 1. The highest BCUT2D eigenvalue weighted by atomic mass is 32.1. The van der Waals surface area contributed by atoms with E-state index in [1.54, 1.807) is 30.0 Å². The first-order chi connectivity index (χ1) is 18.6. The molecule has 1 aromatic carbocycles. The number of hydrogen-bond acceptors (Lipinski definition) is 6. The van der Waals surface area contributed by atoms with Gasteiger partial charge in [0, 0.05) is 32.7 Å². The number of carbonyl (C=O) groups is 2. The molecule has 0 saturated carbocycles. The van der Waals surface area contributed by atoms with Crippen molar-refractivity contribution in [1.82, 2.24) is 19.4 Å². The normalized spacial score (nSPS) is 18.6. The van der Waals surface area contributed by atoms with Gasteiger partial charge < -0.3 is 14.7 Å². The maximum Gasteiger partial charge on any atom is 0.408 e. The fraction of sp³-hybridized carbons (Fsp3) is 0.462. The van der Waals surface area contributed by atoms with Gasteiger partial charge in [-0.2, -0.15) is 13.2 Å². The zero-order valence-corrected chi connectivity index (χ0v) is 22.0. The highest BCUT2D eigenvalue weighted by Crippen LogP contribution is 2.32. The number of alkyl halides is 3. The van der Waals surface area contributed by atoms with Crippen LogP contribution in [0.3, 0.4) is 0 Å². The molecule has 0 bridgehead atoms. The smallest absolute Gasteiger partial charge is 0.366 e. The molecule has 4 heterocycles. The number of aryl methyl sites for hydroxylation is 1. The molecule has 0 spiro atoms. The second kappa shape index (κ2) is 10.6. The van der Waals surface area contributed by atoms with Crippen LogP contribution in [0.5, 0.6) is 0 Å². The van der Waals surface area contributed by atoms with E-state index in [2.05, 4.69) is 4.98 Å². The van der Waals surface area contributed by atoms with Gasteiger partial charge in [0.25, 0.3) is 11.5 Å². The van der Waals surface area contributed by atoms with Crippen LogP contribution in [0.25, 0.3) is 10.2 Å². The van der Waals surface area contributed by atoms with Crippen molar-refractivity contribution in [2.75, 3.05) is 37.6 Å². The van der Waals surface area contributed by atoms with Crippen molar-refractivity contribution in [3.05, 3.63) is 57.2 Å². The van der Waals surface area contributed by atoms with Crippen molar-refractivity contribution < 1.29 is 27.2 Å². The lowest BCUT2D eigenvalue weighted by Crippen LogP contribution is -2.52. The van der Waals surface area contributed by atoms with Gasteiger partial charge >= 0.3 is 6.18 Å². The van der Waals surface area contributed by atoms with Crippen LogP contribution in [0.2, 0.25) is 0 Å². The summed E-state index contributed by atoms with van der Waals surface area (Å²) in [6.45, 7) is 2.66. The summed E-state index contributed by atoms with van der Waals surface area (Å²) in [6, 6.07) is 4.59. The number of nitrogens with zero attached hydrogens (tertiary/aromatic N) is 5. The number of para-hydroxylation sites is 1. The quantitative estimate of drug-likeness (QED) is 0.450. The van der Waals surface area contributed by atoms with Gasteiger partial charge in [-0.15, -0.1) is 11.3 Å². The van der Waals surface area contributed by atoms with Crippen LogP contribution >= 0.6 is 11.3 Å². The third kappa shape index (κ3) is 5.23. The summed E-state index contributed by atoms with van der Waals surface area (Å²) in [5.41, 5.74) is 0.320. The fourth-order valence-electron chi connectivity index (χ4n) is 5.28. The molecule has 2 aromatic heterocycles. The monoisotopic (exact) mass is 565 g/mol. The molecule has 1 unspecified atom stereocenters. The van der Waals surface area contributed by atoms with Gasteiger partial charge in [0.05, 0.1) is 22.3 Å². The molecule has 1 atom stereocenters. The standard InChI is InChI=1S/C26H27F4N5O3S/c1-16-21-23(31-15-34(24(21)37)14-20(36)35-9-5-4-8-19(35)26(28,29)30)39-22(16)25(38)33-12-10-32(11-13-33)18-7-3-2-6-17(18)27/h2-3,6-7,15,19H,4-5,8-14H2,1H3. The number of piperazine rings is 1. The molecule has 13 heteroatoms. The molecule has 2 aliphatic heterocycles. The van der Waals surface area contributed by atoms with Gasteiger partial charge in [0.15, 0.2) is 0 Å². The zero-order valence-electron chi connectivity index (χ0n) is 21.2. The predicted molar refractivity (Wildman–Crippen MR) is 139 cm³/mol. The second-order valence-electron chi connectivity index (χ2n) is 9.78. The maximum atomic E-state index is 14.2. The summed E-state index contributed by atoms with van der Waals surface area (Å²) in [5.74, 6) is -1.39. The van der Waals surface area contributed by atoms with Crippen LogP contribution in [0.1, 0.15) is 34.5 Å². The molecular weight excluding hydrogens is 538 g/mol. The fourth-order valence-corrected chi connectivity index (χ4v) is 6.39. The Bertz CT molecular complexity index is 1460. The Morgan fingerprint density at radius 3 is 2.49 bits per heavy atom. The molecular formula is C26H27F4N5O3S. The number of hydrogen-bond donors (Lipinski definition) is 0. The van der Waals surface area contributed by atoms with E-state index in [-0.39, 0.29) is 30.1 Å². The summed E-state index contributed by atoms with van der Waals surface area (Å²) in [5, 5.41) is 0.176. The van der Waals surface area contributed by atoms with Gasteiger partial charge in [-0.25, -0.2) is 9.37 Å². The van der Waals surface area contributed by atoms with Gasteiger partial charge in [0.2, 0.25) is 5.91 Å². The molecule has 208 valence electrons. The Morgan fingerprint density at radius 1 is 1.08 bits per heavy atom. The number of rotatable bonds is 4. The van der Waals surface area contributed by atoms with Gasteiger partial charge in [-0.05, 0) is 43.9 Å². The number of piperidine rings is 1. The molecule has 0 aliphatic carbocycles. The van der Waals surface area contributed by atoms with E-state index in [0.29, 0.717) is 60.0 Å². The van der Waals surface area contributed by atoms with Gasteiger partial charge in [-0.3, -0.25) is 19.0 Å². The maximum absolute atomic E-state index is 14.2. The van der Waals surface area contributed by atoms with E-state index < -0.39 is 30.2 Å². The average molecular weight is 566 g/mol. The minimum Gasteiger partial charge on any atom is -0.366 e. The summed E-state index contributed by atoms with van der Waals surface area (Å²) in [6.07, 6.45) is -2.71. The molecule has 2 saturated heterocycles. The minimum atomic E-state index is -4.54. The first kappa shape index (κ1) is 27.1. The number of thiophene rings is 1. The Kier molecular flexibility index (Phi) is 7.36. The largest absolute Gasteiger partial charge is 0.408 e. The van der Waals surface area contributed by atoms with Crippen LogP contribution in [-0.4, -0.2) is 76.1 Å². The Balaban J connectivity index is 1.33. The topological polar surface area (TPSA) is 78.8 Å². The number of carbonyl (C=O) groups excluding carboxylic acids is 2. The molecule has 39 heavy (non-hydrogen) atoms. The lowest BCUT2D eigenvalue weighted by atomic mass is 10.0. The molecule has 2 amide bonds. The van der Waals surface area contributed by atoms with Crippen molar-refractivity contribution in [2.24, 2.45) is 0 Å².